The molecule has 2 aromatic carbocycles. The molecule has 9 heteroatoms. The van der Waals surface area contributed by atoms with Crippen LogP contribution in [0.15, 0.2) is 60.1 Å². The van der Waals surface area contributed by atoms with E-state index in [2.05, 4.69) is 22.2 Å². The Morgan fingerprint density at radius 3 is 2.45 bits per heavy atom. The summed E-state index contributed by atoms with van der Waals surface area (Å²) in [4.78, 5) is 4.18. The summed E-state index contributed by atoms with van der Waals surface area (Å²) in [6.45, 7) is 3.55. The Bertz CT molecular complexity index is 886. The molecule has 0 aliphatic rings. The normalized spacial score (nSPS) is 11.6. The molecule has 2 rings (SSSR count). The lowest BCUT2D eigenvalue weighted by Gasteiger charge is -2.16. The fourth-order valence-electron chi connectivity index (χ4n) is 2.63. The maximum atomic E-state index is 12.4. The SMILES string of the molecule is C=CCOc1ccccc1CNC(=NC)NCc1ccc(OCC(F)(F)F)c(OC)c1. The van der Waals surface area contributed by atoms with Crippen molar-refractivity contribution in [2.45, 2.75) is 19.3 Å². The Hall–Kier alpha value is -3.36. The van der Waals surface area contributed by atoms with E-state index in [1.165, 1.54) is 13.2 Å². The van der Waals surface area contributed by atoms with Gasteiger partial charge in [0.25, 0.3) is 0 Å². The Balaban J connectivity index is 1.94. The average molecular weight is 437 g/mol. The van der Waals surface area contributed by atoms with Crippen molar-refractivity contribution >= 4 is 5.96 Å². The molecule has 0 fully saturated rings. The third-order valence-corrected chi connectivity index (χ3v) is 4.08. The number of para-hydroxylation sites is 1. The Morgan fingerprint density at radius 1 is 1.03 bits per heavy atom. The van der Waals surface area contributed by atoms with Crippen LogP contribution in [0, 0.1) is 0 Å². The van der Waals surface area contributed by atoms with Gasteiger partial charge in [0, 0.05) is 25.7 Å². The summed E-state index contributed by atoms with van der Waals surface area (Å²) in [6.07, 6.45) is -2.74. The molecule has 0 aliphatic carbocycles. The van der Waals surface area contributed by atoms with Gasteiger partial charge in [0.05, 0.1) is 7.11 Å². The van der Waals surface area contributed by atoms with Crippen LogP contribution in [-0.4, -0.2) is 39.5 Å². The fraction of sp³-hybridized carbons (Fsp3) is 0.318. The van der Waals surface area contributed by atoms with E-state index in [1.807, 2.05) is 24.3 Å². The number of alkyl halides is 3. The van der Waals surface area contributed by atoms with Crippen LogP contribution in [0.4, 0.5) is 13.2 Å². The monoisotopic (exact) mass is 437 g/mol. The zero-order valence-corrected chi connectivity index (χ0v) is 17.5. The van der Waals surface area contributed by atoms with Gasteiger partial charge in [-0.1, -0.05) is 36.9 Å². The lowest BCUT2D eigenvalue weighted by Crippen LogP contribution is -2.36. The van der Waals surface area contributed by atoms with Crippen LogP contribution in [0.5, 0.6) is 17.2 Å². The van der Waals surface area contributed by atoms with E-state index in [4.69, 9.17) is 14.2 Å². The Kier molecular flexibility index (Phi) is 9.05. The van der Waals surface area contributed by atoms with Gasteiger partial charge < -0.3 is 24.8 Å². The summed E-state index contributed by atoms with van der Waals surface area (Å²) in [7, 11) is 3.02. The molecule has 0 unspecified atom stereocenters. The molecular weight excluding hydrogens is 411 g/mol. The molecule has 0 spiro atoms. The largest absolute Gasteiger partial charge is 0.493 e. The van der Waals surface area contributed by atoms with Crippen molar-refractivity contribution in [3.63, 3.8) is 0 Å². The van der Waals surface area contributed by atoms with Crippen LogP contribution >= 0.6 is 0 Å². The zero-order chi connectivity index (χ0) is 22.7. The van der Waals surface area contributed by atoms with Crippen molar-refractivity contribution in [1.82, 2.24) is 10.6 Å². The van der Waals surface area contributed by atoms with E-state index in [0.717, 1.165) is 16.9 Å². The van der Waals surface area contributed by atoms with Gasteiger partial charge in [0.1, 0.15) is 12.4 Å². The summed E-state index contributed by atoms with van der Waals surface area (Å²) in [5.41, 5.74) is 1.74. The number of methoxy groups -OCH3 is 1. The van der Waals surface area contributed by atoms with Gasteiger partial charge >= 0.3 is 6.18 Å². The summed E-state index contributed by atoms with van der Waals surface area (Å²) in [5, 5.41) is 6.35. The highest BCUT2D eigenvalue weighted by Crippen LogP contribution is 2.29. The second kappa shape index (κ2) is 11.7. The highest BCUT2D eigenvalue weighted by atomic mass is 19.4. The lowest BCUT2D eigenvalue weighted by atomic mass is 10.2. The predicted molar refractivity (Wildman–Crippen MR) is 114 cm³/mol. The first-order chi connectivity index (χ1) is 14.9. The molecule has 2 N–H and O–H groups in total. The van der Waals surface area contributed by atoms with Gasteiger partial charge in [-0.15, -0.1) is 0 Å². The van der Waals surface area contributed by atoms with Crippen LogP contribution in [0.3, 0.4) is 0 Å². The first-order valence-corrected chi connectivity index (χ1v) is 9.49. The maximum Gasteiger partial charge on any atom is 0.422 e. The molecule has 2 aromatic rings. The topological polar surface area (TPSA) is 64.1 Å². The van der Waals surface area contributed by atoms with Crippen molar-refractivity contribution < 1.29 is 27.4 Å². The van der Waals surface area contributed by atoms with Crippen molar-refractivity contribution in [3.8, 4) is 17.2 Å². The summed E-state index contributed by atoms with van der Waals surface area (Å²) < 4.78 is 52.7. The quantitative estimate of drug-likeness (QED) is 0.333. The molecule has 0 saturated carbocycles. The number of nitrogens with one attached hydrogen (secondary N) is 2. The van der Waals surface area contributed by atoms with E-state index in [-0.39, 0.29) is 11.5 Å². The molecular formula is C22H26F3N3O3. The summed E-state index contributed by atoms with van der Waals surface area (Å²) in [5.74, 6) is 1.56. The van der Waals surface area contributed by atoms with E-state index in [1.54, 1.807) is 25.3 Å². The van der Waals surface area contributed by atoms with Crippen LogP contribution < -0.4 is 24.8 Å². The Morgan fingerprint density at radius 2 is 1.77 bits per heavy atom. The number of ether oxygens (including phenoxy) is 3. The molecule has 0 amide bonds. The predicted octanol–water partition coefficient (Wildman–Crippen LogP) is 4.07. The number of nitrogens with zero attached hydrogens (tertiary/aromatic N) is 1. The second-order valence-electron chi connectivity index (χ2n) is 6.38. The minimum atomic E-state index is -4.42. The van der Waals surface area contributed by atoms with Gasteiger partial charge in [-0.05, 0) is 23.8 Å². The van der Waals surface area contributed by atoms with E-state index in [9.17, 15) is 13.2 Å². The minimum Gasteiger partial charge on any atom is -0.493 e. The number of guanidine groups is 1. The van der Waals surface area contributed by atoms with Crippen LogP contribution in [-0.2, 0) is 13.1 Å². The number of aliphatic imine (C=N–C) groups is 1. The van der Waals surface area contributed by atoms with Crippen molar-refractivity contribution in [1.29, 1.82) is 0 Å². The molecule has 0 heterocycles. The molecule has 0 radical (unpaired) electrons. The van der Waals surface area contributed by atoms with Gasteiger partial charge in [0.2, 0.25) is 0 Å². The summed E-state index contributed by atoms with van der Waals surface area (Å²) >= 11 is 0. The molecule has 168 valence electrons. The van der Waals surface area contributed by atoms with Crippen LogP contribution in [0.2, 0.25) is 0 Å². The molecule has 0 aliphatic heterocycles. The fourth-order valence-corrected chi connectivity index (χ4v) is 2.63. The molecule has 6 nitrogen and oxygen atoms in total. The lowest BCUT2D eigenvalue weighted by molar-refractivity contribution is -0.153. The van der Waals surface area contributed by atoms with Gasteiger partial charge in [0.15, 0.2) is 24.1 Å². The van der Waals surface area contributed by atoms with E-state index in [0.29, 0.717) is 25.7 Å². The smallest absolute Gasteiger partial charge is 0.422 e. The molecule has 31 heavy (non-hydrogen) atoms. The molecule has 0 saturated heterocycles. The van der Waals surface area contributed by atoms with Crippen LogP contribution in [0.25, 0.3) is 0 Å². The molecule has 0 atom stereocenters. The maximum absolute atomic E-state index is 12.4. The Labute approximate surface area is 179 Å². The van der Waals surface area contributed by atoms with Gasteiger partial charge in [-0.25, -0.2) is 0 Å². The molecule has 0 bridgehead atoms. The van der Waals surface area contributed by atoms with Crippen molar-refractivity contribution in [3.05, 3.63) is 66.2 Å². The third kappa shape index (κ3) is 8.12. The number of benzene rings is 2. The number of hydrogen-bond acceptors (Lipinski definition) is 4. The van der Waals surface area contributed by atoms with Crippen molar-refractivity contribution in [2.24, 2.45) is 4.99 Å². The highest BCUT2D eigenvalue weighted by molar-refractivity contribution is 5.79. The number of hydrogen-bond donors (Lipinski definition) is 2. The minimum absolute atomic E-state index is 0.0298. The van der Waals surface area contributed by atoms with Crippen LogP contribution in [0.1, 0.15) is 11.1 Å². The van der Waals surface area contributed by atoms with Gasteiger partial charge in [-0.3, -0.25) is 4.99 Å². The zero-order valence-electron chi connectivity index (χ0n) is 17.5. The summed E-state index contributed by atoms with van der Waals surface area (Å²) in [6, 6.07) is 12.4. The first-order valence-electron chi connectivity index (χ1n) is 9.49. The third-order valence-electron chi connectivity index (χ3n) is 4.08. The van der Waals surface area contributed by atoms with E-state index >= 15 is 0 Å². The highest BCUT2D eigenvalue weighted by Gasteiger charge is 2.29. The number of halogens is 3. The first kappa shape index (κ1) is 23.9. The second-order valence-corrected chi connectivity index (χ2v) is 6.38. The van der Waals surface area contributed by atoms with E-state index < -0.39 is 12.8 Å². The molecule has 0 aromatic heterocycles. The standard InChI is InChI=1S/C22H26F3N3O3/c1-4-11-30-18-8-6-5-7-17(18)14-28-21(26-2)27-13-16-9-10-19(20(12-16)29-3)31-15-22(23,24)25/h4-10,12H,1,11,13-15H2,2-3H3,(H2,26,27,28). The van der Waals surface area contributed by atoms with Crippen molar-refractivity contribution in [2.75, 3.05) is 27.4 Å². The van der Waals surface area contributed by atoms with Gasteiger partial charge in [-0.2, -0.15) is 13.2 Å². The number of rotatable bonds is 10. The average Bonchev–Trinajstić information content (AvgIpc) is 2.76.